The van der Waals surface area contributed by atoms with Crippen LogP contribution >= 0.6 is 0 Å². The third kappa shape index (κ3) is 2.86. The second-order valence-corrected chi connectivity index (χ2v) is 7.48. The minimum Gasteiger partial charge on any atom is -0.490 e. The highest BCUT2D eigenvalue weighted by Crippen LogP contribution is 2.39. The lowest BCUT2D eigenvalue weighted by Gasteiger charge is -2.31. The molecular weight excluding hydrogens is 344 g/mol. The van der Waals surface area contributed by atoms with Gasteiger partial charge in [0.05, 0.1) is 24.9 Å². The average molecular weight is 368 g/mol. The molecule has 2 unspecified atom stereocenters. The van der Waals surface area contributed by atoms with E-state index in [0.717, 1.165) is 60.5 Å². The summed E-state index contributed by atoms with van der Waals surface area (Å²) in [7, 11) is 1.92. The molecule has 1 aromatic heterocycles. The van der Waals surface area contributed by atoms with E-state index < -0.39 is 0 Å². The number of rotatable bonds is 2. The largest absolute Gasteiger partial charge is 0.490 e. The molecule has 0 bridgehead atoms. The van der Waals surface area contributed by atoms with Gasteiger partial charge in [-0.25, -0.2) is 0 Å². The van der Waals surface area contributed by atoms with Gasteiger partial charge in [0.2, 0.25) is 5.91 Å². The van der Waals surface area contributed by atoms with Gasteiger partial charge in [-0.3, -0.25) is 14.4 Å². The molecule has 1 amide bonds. The van der Waals surface area contributed by atoms with Gasteiger partial charge >= 0.3 is 0 Å². The average Bonchev–Trinajstić information content (AvgIpc) is 3.12. The van der Waals surface area contributed by atoms with Gasteiger partial charge in [0, 0.05) is 37.3 Å². The predicted molar refractivity (Wildman–Crippen MR) is 99.5 cm³/mol. The van der Waals surface area contributed by atoms with E-state index in [9.17, 15) is 4.79 Å². The van der Waals surface area contributed by atoms with Crippen molar-refractivity contribution in [3.05, 3.63) is 30.0 Å². The Morgan fingerprint density at radius 2 is 2.00 bits per heavy atom. The Morgan fingerprint density at radius 3 is 2.89 bits per heavy atom. The second kappa shape index (κ2) is 6.56. The molecular formula is C20H24N4O3. The van der Waals surface area contributed by atoms with Crippen LogP contribution in [-0.4, -0.2) is 46.4 Å². The van der Waals surface area contributed by atoms with Gasteiger partial charge in [0.25, 0.3) is 0 Å². The summed E-state index contributed by atoms with van der Waals surface area (Å²) < 4.78 is 13.4. The normalized spacial score (nSPS) is 25.0. The molecule has 0 radical (unpaired) electrons. The molecule has 5 rings (SSSR count). The van der Waals surface area contributed by atoms with E-state index in [-0.39, 0.29) is 18.1 Å². The number of piperidine rings is 1. The van der Waals surface area contributed by atoms with Gasteiger partial charge in [-0.2, -0.15) is 5.10 Å². The number of nitrogens with one attached hydrogen (secondary N) is 1. The topological polar surface area (TPSA) is 68.6 Å². The number of aryl methyl sites for hydroxylation is 1. The fraction of sp³-hybridized carbons (Fsp3) is 0.500. The summed E-state index contributed by atoms with van der Waals surface area (Å²) in [5, 5.41) is 7.89. The number of carbonyl (C=O) groups is 1. The van der Waals surface area contributed by atoms with E-state index in [4.69, 9.17) is 14.6 Å². The summed E-state index contributed by atoms with van der Waals surface area (Å²) in [5.41, 5.74) is 2.89. The molecule has 2 saturated heterocycles. The van der Waals surface area contributed by atoms with Crippen LogP contribution in [0.15, 0.2) is 24.4 Å². The fourth-order valence-corrected chi connectivity index (χ4v) is 4.36. The Kier molecular flexibility index (Phi) is 4.04. The smallest absolute Gasteiger partial charge is 0.238 e. The Balaban J connectivity index is 1.53. The number of amides is 1. The maximum atomic E-state index is 12.5. The minimum atomic E-state index is -0.123. The second-order valence-electron chi connectivity index (χ2n) is 7.48. The van der Waals surface area contributed by atoms with Crippen LogP contribution in [0.1, 0.15) is 37.4 Å². The van der Waals surface area contributed by atoms with Gasteiger partial charge in [-0.05, 0) is 31.0 Å². The van der Waals surface area contributed by atoms with Crippen LogP contribution in [0.25, 0.3) is 11.3 Å². The molecule has 4 heterocycles. The zero-order valence-corrected chi connectivity index (χ0v) is 15.5. The Labute approximate surface area is 158 Å². The highest BCUT2D eigenvalue weighted by molar-refractivity contribution is 5.85. The van der Waals surface area contributed by atoms with Crippen molar-refractivity contribution >= 4 is 5.91 Å². The van der Waals surface area contributed by atoms with E-state index >= 15 is 0 Å². The summed E-state index contributed by atoms with van der Waals surface area (Å²) in [6, 6.07) is 5.95. The van der Waals surface area contributed by atoms with Gasteiger partial charge in [0.15, 0.2) is 11.5 Å². The summed E-state index contributed by atoms with van der Waals surface area (Å²) in [6.07, 6.45) is 5.94. The number of ether oxygens (including phenoxy) is 2. The third-order valence-electron chi connectivity index (χ3n) is 5.63. The molecule has 7 heteroatoms. The first kappa shape index (κ1) is 16.6. The molecule has 1 aromatic carbocycles. The molecule has 0 aliphatic carbocycles. The van der Waals surface area contributed by atoms with Crippen LogP contribution in [0.5, 0.6) is 11.5 Å². The molecule has 2 fully saturated rings. The van der Waals surface area contributed by atoms with Crippen LogP contribution in [-0.2, 0) is 11.8 Å². The highest BCUT2D eigenvalue weighted by atomic mass is 16.5. The highest BCUT2D eigenvalue weighted by Gasteiger charge is 2.43. The number of fused-ring (bicyclic) bond motifs is 2. The molecule has 7 nitrogen and oxygen atoms in total. The molecule has 142 valence electrons. The van der Waals surface area contributed by atoms with Crippen molar-refractivity contribution in [1.29, 1.82) is 0 Å². The van der Waals surface area contributed by atoms with E-state index in [0.29, 0.717) is 13.2 Å². The van der Waals surface area contributed by atoms with Crippen molar-refractivity contribution in [2.75, 3.05) is 19.8 Å². The standard InChI is InChI=1S/C20H24N4O3/c1-23-12-14(19-21-20(25)15-5-2-3-8-24(15)19)18(22-23)13-6-7-16-17(11-13)27-10-4-9-26-16/h6-7,11-12,15,19H,2-5,8-10H2,1H3,(H,21,25). The lowest BCUT2D eigenvalue weighted by Crippen LogP contribution is -2.38. The predicted octanol–water partition coefficient (Wildman–Crippen LogP) is 2.23. The molecule has 2 atom stereocenters. The molecule has 0 spiro atoms. The van der Waals surface area contributed by atoms with Crippen molar-refractivity contribution in [2.24, 2.45) is 7.05 Å². The summed E-state index contributed by atoms with van der Waals surface area (Å²) in [5.74, 6) is 1.67. The Hall–Kier alpha value is -2.54. The quantitative estimate of drug-likeness (QED) is 0.880. The van der Waals surface area contributed by atoms with E-state index in [1.165, 1.54) is 0 Å². The summed E-state index contributed by atoms with van der Waals surface area (Å²) >= 11 is 0. The molecule has 2 aromatic rings. The fourth-order valence-electron chi connectivity index (χ4n) is 4.36. The Bertz CT molecular complexity index is 878. The number of carbonyl (C=O) groups excluding carboxylic acids is 1. The van der Waals surface area contributed by atoms with Gasteiger partial charge in [0.1, 0.15) is 6.17 Å². The first-order valence-electron chi connectivity index (χ1n) is 9.70. The summed E-state index contributed by atoms with van der Waals surface area (Å²) in [6.45, 7) is 2.26. The number of hydrogen-bond donors (Lipinski definition) is 1. The van der Waals surface area contributed by atoms with Gasteiger partial charge < -0.3 is 14.8 Å². The zero-order chi connectivity index (χ0) is 18.4. The Morgan fingerprint density at radius 1 is 1.15 bits per heavy atom. The van der Waals surface area contributed by atoms with Crippen LogP contribution in [0.2, 0.25) is 0 Å². The van der Waals surface area contributed by atoms with E-state index in [1.54, 1.807) is 0 Å². The van der Waals surface area contributed by atoms with Crippen LogP contribution in [0.3, 0.4) is 0 Å². The number of nitrogens with zero attached hydrogens (tertiary/aromatic N) is 3. The molecule has 27 heavy (non-hydrogen) atoms. The third-order valence-corrected chi connectivity index (χ3v) is 5.63. The first-order valence-corrected chi connectivity index (χ1v) is 9.70. The van der Waals surface area contributed by atoms with E-state index in [1.807, 2.05) is 36.1 Å². The van der Waals surface area contributed by atoms with Crippen LogP contribution < -0.4 is 14.8 Å². The maximum Gasteiger partial charge on any atom is 0.238 e. The molecule has 3 aliphatic heterocycles. The SMILES string of the molecule is Cn1cc(C2NC(=O)C3CCCCN32)c(-c2ccc3c(c2)OCCCO3)n1. The number of hydrogen-bond acceptors (Lipinski definition) is 5. The lowest BCUT2D eigenvalue weighted by atomic mass is 10.0. The molecule has 3 aliphatic rings. The van der Waals surface area contributed by atoms with Gasteiger partial charge in [-0.15, -0.1) is 0 Å². The van der Waals surface area contributed by atoms with Crippen LogP contribution in [0, 0.1) is 0 Å². The maximum absolute atomic E-state index is 12.5. The lowest BCUT2D eigenvalue weighted by molar-refractivity contribution is -0.122. The summed E-state index contributed by atoms with van der Waals surface area (Å²) in [4.78, 5) is 14.7. The molecule has 0 saturated carbocycles. The van der Waals surface area contributed by atoms with Crippen molar-refractivity contribution in [3.63, 3.8) is 0 Å². The van der Waals surface area contributed by atoms with Crippen molar-refractivity contribution in [3.8, 4) is 22.8 Å². The minimum absolute atomic E-state index is 0.0133. The first-order chi connectivity index (χ1) is 13.2. The monoisotopic (exact) mass is 368 g/mol. The van der Waals surface area contributed by atoms with Crippen molar-refractivity contribution in [1.82, 2.24) is 20.0 Å². The zero-order valence-electron chi connectivity index (χ0n) is 15.5. The van der Waals surface area contributed by atoms with Crippen molar-refractivity contribution in [2.45, 2.75) is 37.9 Å². The van der Waals surface area contributed by atoms with Crippen LogP contribution in [0.4, 0.5) is 0 Å². The number of aromatic nitrogens is 2. The van der Waals surface area contributed by atoms with Gasteiger partial charge in [-0.1, -0.05) is 6.42 Å². The van der Waals surface area contributed by atoms with Crippen molar-refractivity contribution < 1.29 is 14.3 Å². The number of benzene rings is 1. The van der Waals surface area contributed by atoms with E-state index in [2.05, 4.69) is 10.2 Å². The molecule has 1 N–H and O–H groups in total.